The Labute approximate surface area is 120 Å². The molecule has 102 valence electrons. The van der Waals surface area contributed by atoms with Crippen molar-refractivity contribution in [2.75, 3.05) is 0 Å². The Morgan fingerprint density at radius 3 is 2.86 bits per heavy atom. The summed E-state index contributed by atoms with van der Waals surface area (Å²) in [5.41, 5.74) is 3.20. The second-order valence-corrected chi connectivity index (χ2v) is 4.93. The Balaban J connectivity index is 1.72. The molecule has 4 aromatic rings. The van der Waals surface area contributed by atoms with Crippen molar-refractivity contribution in [3.8, 4) is 0 Å². The average molecular weight is 276 g/mol. The lowest BCUT2D eigenvalue weighted by Gasteiger charge is -2.02. The number of aromatic nitrogens is 2. The largest absolute Gasteiger partial charge is 0.464 e. The molecule has 0 atom stereocenters. The van der Waals surface area contributed by atoms with Crippen LogP contribution in [0.4, 0.5) is 0 Å². The fourth-order valence-electron chi connectivity index (χ4n) is 2.57. The minimum Gasteiger partial charge on any atom is -0.464 e. The van der Waals surface area contributed by atoms with Gasteiger partial charge in [0.05, 0.1) is 29.5 Å². The molecule has 0 spiro atoms. The number of carbonyl (C=O) groups excluding carboxylic acids is 1. The molecule has 0 amide bonds. The Morgan fingerprint density at radius 2 is 1.90 bits per heavy atom. The van der Waals surface area contributed by atoms with E-state index in [9.17, 15) is 4.79 Å². The molecular weight excluding hydrogens is 264 g/mol. The molecule has 0 aliphatic carbocycles. The first kappa shape index (κ1) is 11.9. The highest BCUT2D eigenvalue weighted by Gasteiger charge is 2.14. The fraction of sp³-hybridized carbons (Fsp3) is 0.0588. The van der Waals surface area contributed by atoms with Gasteiger partial charge >= 0.3 is 0 Å². The topological polar surface area (TPSA) is 48.0 Å². The first-order valence-corrected chi connectivity index (χ1v) is 6.72. The van der Waals surface area contributed by atoms with Crippen molar-refractivity contribution in [1.82, 2.24) is 9.55 Å². The highest BCUT2D eigenvalue weighted by molar-refractivity contribution is 6.07. The fourth-order valence-corrected chi connectivity index (χ4v) is 2.57. The lowest BCUT2D eigenvalue weighted by Crippen LogP contribution is -2.09. The number of imidazole rings is 1. The van der Waals surface area contributed by atoms with E-state index in [4.69, 9.17) is 4.42 Å². The van der Waals surface area contributed by atoms with Gasteiger partial charge in [0.2, 0.25) is 0 Å². The Bertz CT molecular complexity index is 949. The summed E-state index contributed by atoms with van der Waals surface area (Å²) in [5.74, 6) is 0.0168. The molecule has 0 N–H and O–H groups in total. The number of hydrogen-bond donors (Lipinski definition) is 0. The number of para-hydroxylation sites is 3. The summed E-state index contributed by atoms with van der Waals surface area (Å²) in [6.07, 6.45) is 3.23. The van der Waals surface area contributed by atoms with E-state index < -0.39 is 0 Å². The summed E-state index contributed by atoms with van der Waals surface area (Å²) < 4.78 is 7.29. The lowest BCUT2D eigenvalue weighted by atomic mass is 10.1. The van der Waals surface area contributed by atoms with Gasteiger partial charge in [-0.1, -0.05) is 30.3 Å². The number of Topliss-reactive ketones (excluding diaryl/α,β-unsaturated/α-hetero) is 1. The number of fused-ring (bicyclic) bond motifs is 2. The molecule has 0 saturated heterocycles. The minimum absolute atomic E-state index is 0.0168. The predicted octanol–water partition coefficient (Wildman–Crippen LogP) is 3.67. The predicted molar refractivity (Wildman–Crippen MR) is 80.3 cm³/mol. The van der Waals surface area contributed by atoms with Crippen LogP contribution in [0.1, 0.15) is 10.4 Å². The Morgan fingerprint density at radius 1 is 1.10 bits per heavy atom. The first-order valence-electron chi connectivity index (χ1n) is 6.72. The van der Waals surface area contributed by atoms with E-state index in [1.807, 2.05) is 53.1 Å². The smallest absolute Gasteiger partial charge is 0.186 e. The molecule has 2 heterocycles. The summed E-state index contributed by atoms with van der Waals surface area (Å²) in [6, 6.07) is 15.3. The number of carbonyl (C=O) groups is 1. The van der Waals surface area contributed by atoms with Gasteiger partial charge in [0.25, 0.3) is 0 Å². The first-order chi connectivity index (χ1) is 10.3. The van der Waals surface area contributed by atoms with E-state index in [1.54, 1.807) is 6.33 Å². The number of rotatable bonds is 3. The number of furan rings is 1. The number of hydrogen-bond acceptors (Lipinski definition) is 3. The zero-order chi connectivity index (χ0) is 14.2. The molecule has 0 fully saturated rings. The molecule has 0 saturated carbocycles. The molecule has 4 heteroatoms. The second kappa shape index (κ2) is 4.59. The standard InChI is InChI=1S/C17H12N2O2/c20-16(13-10-21-17-8-4-1-5-12(13)17)9-19-11-18-14-6-2-3-7-15(14)19/h1-8,10-11H,9H2. The van der Waals surface area contributed by atoms with E-state index in [0.29, 0.717) is 5.56 Å². The number of ketones is 1. The van der Waals surface area contributed by atoms with E-state index in [0.717, 1.165) is 22.0 Å². The molecule has 21 heavy (non-hydrogen) atoms. The molecule has 0 unspecified atom stereocenters. The third-order valence-corrected chi connectivity index (χ3v) is 3.62. The van der Waals surface area contributed by atoms with Gasteiger partial charge in [-0.2, -0.15) is 0 Å². The Hall–Kier alpha value is -2.88. The zero-order valence-electron chi connectivity index (χ0n) is 11.2. The third kappa shape index (κ3) is 1.92. The van der Waals surface area contributed by atoms with Crippen molar-refractivity contribution < 1.29 is 9.21 Å². The van der Waals surface area contributed by atoms with Crippen LogP contribution in [0.15, 0.2) is 65.5 Å². The van der Waals surface area contributed by atoms with Gasteiger partial charge in [0.1, 0.15) is 11.8 Å². The van der Waals surface area contributed by atoms with E-state index in [-0.39, 0.29) is 12.3 Å². The monoisotopic (exact) mass is 276 g/mol. The summed E-state index contributed by atoms with van der Waals surface area (Å²) in [5, 5.41) is 0.854. The molecule has 2 aromatic heterocycles. The van der Waals surface area contributed by atoms with Crippen LogP contribution in [0.2, 0.25) is 0 Å². The van der Waals surface area contributed by atoms with Crippen LogP contribution in [-0.4, -0.2) is 15.3 Å². The van der Waals surface area contributed by atoms with Crippen LogP contribution in [0, 0.1) is 0 Å². The lowest BCUT2D eigenvalue weighted by molar-refractivity contribution is 0.0974. The highest BCUT2D eigenvalue weighted by Crippen LogP contribution is 2.22. The van der Waals surface area contributed by atoms with Crippen molar-refractivity contribution in [2.45, 2.75) is 6.54 Å². The summed E-state index contributed by atoms with van der Waals surface area (Å²) >= 11 is 0. The van der Waals surface area contributed by atoms with Gasteiger partial charge < -0.3 is 8.98 Å². The average Bonchev–Trinajstić information content (AvgIpc) is 3.12. The maximum Gasteiger partial charge on any atom is 0.186 e. The molecular formula is C17H12N2O2. The number of benzene rings is 2. The molecule has 0 radical (unpaired) electrons. The van der Waals surface area contributed by atoms with Crippen molar-refractivity contribution in [3.63, 3.8) is 0 Å². The van der Waals surface area contributed by atoms with Gasteiger partial charge in [0.15, 0.2) is 5.78 Å². The third-order valence-electron chi connectivity index (χ3n) is 3.62. The van der Waals surface area contributed by atoms with Gasteiger partial charge in [-0.25, -0.2) is 4.98 Å². The molecule has 0 bridgehead atoms. The molecule has 0 aliphatic rings. The maximum atomic E-state index is 12.5. The molecule has 2 aromatic carbocycles. The highest BCUT2D eigenvalue weighted by atomic mass is 16.3. The van der Waals surface area contributed by atoms with Crippen LogP contribution in [0.3, 0.4) is 0 Å². The quantitative estimate of drug-likeness (QED) is 0.536. The SMILES string of the molecule is O=C(Cn1cnc2ccccc21)c1coc2ccccc12. The summed E-state index contributed by atoms with van der Waals surface area (Å²) in [7, 11) is 0. The van der Waals surface area contributed by atoms with E-state index >= 15 is 0 Å². The van der Waals surface area contributed by atoms with Crippen LogP contribution in [-0.2, 0) is 6.54 Å². The van der Waals surface area contributed by atoms with Gasteiger partial charge in [0, 0.05) is 5.39 Å². The zero-order valence-corrected chi connectivity index (χ0v) is 11.2. The summed E-state index contributed by atoms with van der Waals surface area (Å²) in [4.78, 5) is 16.8. The van der Waals surface area contributed by atoms with Crippen molar-refractivity contribution in [2.24, 2.45) is 0 Å². The second-order valence-electron chi connectivity index (χ2n) is 4.93. The van der Waals surface area contributed by atoms with Crippen molar-refractivity contribution in [1.29, 1.82) is 0 Å². The summed E-state index contributed by atoms with van der Waals surface area (Å²) in [6.45, 7) is 0.254. The normalized spacial score (nSPS) is 11.2. The van der Waals surface area contributed by atoms with Crippen LogP contribution in [0.25, 0.3) is 22.0 Å². The van der Waals surface area contributed by atoms with Crippen LogP contribution in [0.5, 0.6) is 0 Å². The van der Waals surface area contributed by atoms with Crippen LogP contribution >= 0.6 is 0 Å². The number of nitrogens with zero attached hydrogens (tertiary/aromatic N) is 2. The van der Waals surface area contributed by atoms with Gasteiger partial charge in [-0.3, -0.25) is 4.79 Å². The van der Waals surface area contributed by atoms with Crippen molar-refractivity contribution in [3.05, 3.63) is 66.7 Å². The van der Waals surface area contributed by atoms with Crippen molar-refractivity contribution >= 4 is 27.8 Å². The van der Waals surface area contributed by atoms with Gasteiger partial charge in [-0.05, 0) is 18.2 Å². The maximum absolute atomic E-state index is 12.5. The van der Waals surface area contributed by atoms with Crippen LogP contribution < -0.4 is 0 Å². The molecule has 4 rings (SSSR count). The van der Waals surface area contributed by atoms with E-state index in [1.165, 1.54) is 6.26 Å². The van der Waals surface area contributed by atoms with E-state index in [2.05, 4.69) is 4.98 Å². The van der Waals surface area contributed by atoms with Gasteiger partial charge in [-0.15, -0.1) is 0 Å². The Kier molecular flexibility index (Phi) is 2.60. The minimum atomic E-state index is 0.0168. The molecule has 0 aliphatic heterocycles. The molecule has 4 nitrogen and oxygen atoms in total.